The van der Waals surface area contributed by atoms with E-state index < -0.39 is 0 Å². The molecule has 0 atom stereocenters. The molecule has 2 N–H and O–H groups in total. The van der Waals surface area contributed by atoms with Gasteiger partial charge in [0, 0.05) is 17.8 Å². The Bertz CT molecular complexity index is 1120. The van der Waals surface area contributed by atoms with Crippen LogP contribution in [0.15, 0.2) is 78.9 Å². The standard InChI is InChI=1S/C24H19Cl2NO2/c25-21-12-18(13-22(26)24(21)28)27-14-20-19-9-5-4-8-17(19)10-11-23(20)29-15-16-6-2-1-3-7-16/h1-13,27-28H,14-15H2. The van der Waals surface area contributed by atoms with Crippen molar-refractivity contribution in [2.24, 2.45) is 0 Å². The first-order chi connectivity index (χ1) is 14.1. The average molecular weight is 424 g/mol. The van der Waals surface area contributed by atoms with Gasteiger partial charge in [-0.15, -0.1) is 0 Å². The molecule has 0 spiro atoms. The lowest BCUT2D eigenvalue weighted by Crippen LogP contribution is -2.05. The first kappa shape index (κ1) is 19.4. The van der Waals surface area contributed by atoms with Crippen molar-refractivity contribution in [3.63, 3.8) is 0 Å². The second kappa shape index (κ2) is 8.64. The van der Waals surface area contributed by atoms with Gasteiger partial charge in [-0.05, 0) is 34.5 Å². The molecule has 4 aromatic rings. The van der Waals surface area contributed by atoms with E-state index in [9.17, 15) is 5.11 Å². The molecule has 0 aliphatic heterocycles. The third-order valence-electron chi connectivity index (χ3n) is 4.72. The maximum absolute atomic E-state index is 9.77. The van der Waals surface area contributed by atoms with Crippen LogP contribution < -0.4 is 10.1 Å². The molecule has 0 fully saturated rings. The molecule has 0 saturated heterocycles. The molecular formula is C24H19Cl2NO2. The van der Waals surface area contributed by atoms with Crippen molar-refractivity contribution < 1.29 is 9.84 Å². The van der Waals surface area contributed by atoms with Gasteiger partial charge in [0.05, 0.1) is 10.0 Å². The van der Waals surface area contributed by atoms with E-state index in [0.717, 1.165) is 33.3 Å². The van der Waals surface area contributed by atoms with Crippen molar-refractivity contribution in [3.8, 4) is 11.5 Å². The molecule has 29 heavy (non-hydrogen) atoms. The van der Waals surface area contributed by atoms with E-state index in [0.29, 0.717) is 13.2 Å². The number of nitrogens with one attached hydrogen (secondary N) is 1. The van der Waals surface area contributed by atoms with Crippen LogP contribution >= 0.6 is 23.2 Å². The molecule has 0 amide bonds. The third kappa shape index (κ3) is 4.42. The summed E-state index contributed by atoms with van der Waals surface area (Å²) in [6.45, 7) is 1.01. The number of ether oxygens (including phenoxy) is 1. The van der Waals surface area contributed by atoms with E-state index in [1.807, 2.05) is 48.5 Å². The summed E-state index contributed by atoms with van der Waals surface area (Å²) in [5, 5.41) is 15.8. The van der Waals surface area contributed by atoms with Crippen LogP contribution in [0.4, 0.5) is 5.69 Å². The predicted octanol–water partition coefficient (Wildman–Crippen LogP) is 7.04. The summed E-state index contributed by atoms with van der Waals surface area (Å²) in [7, 11) is 0. The van der Waals surface area contributed by atoms with Gasteiger partial charge in [0.2, 0.25) is 0 Å². The Hall–Kier alpha value is -2.88. The normalized spacial score (nSPS) is 10.8. The number of phenolic OH excluding ortho intramolecular Hbond substituents is 1. The molecule has 0 bridgehead atoms. The van der Waals surface area contributed by atoms with E-state index in [1.54, 1.807) is 12.1 Å². The minimum Gasteiger partial charge on any atom is -0.505 e. The predicted molar refractivity (Wildman–Crippen MR) is 120 cm³/mol. The Morgan fingerprint density at radius 3 is 2.28 bits per heavy atom. The Balaban J connectivity index is 1.63. The minimum atomic E-state index is -0.115. The molecule has 5 heteroatoms. The summed E-state index contributed by atoms with van der Waals surface area (Å²) in [6, 6.07) is 25.6. The number of hydrogen-bond donors (Lipinski definition) is 2. The lowest BCUT2D eigenvalue weighted by atomic mass is 10.0. The van der Waals surface area contributed by atoms with Crippen LogP contribution in [0.5, 0.6) is 11.5 Å². The Kier molecular flexibility index (Phi) is 5.79. The lowest BCUT2D eigenvalue weighted by molar-refractivity contribution is 0.304. The molecule has 3 nitrogen and oxygen atoms in total. The highest BCUT2D eigenvalue weighted by Gasteiger charge is 2.11. The Morgan fingerprint density at radius 1 is 0.828 bits per heavy atom. The van der Waals surface area contributed by atoms with Gasteiger partial charge in [-0.3, -0.25) is 0 Å². The smallest absolute Gasteiger partial charge is 0.152 e. The molecule has 146 valence electrons. The Morgan fingerprint density at radius 2 is 1.52 bits per heavy atom. The largest absolute Gasteiger partial charge is 0.505 e. The molecule has 0 aliphatic rings. The summed E-state index contributed by atoms with van der Waals surface area (Å²) < 4.78 is 6.15. The van der Waals surface area contributed by atoms with Gasteiger partial charge in [0.1, 0.15) is 12.4 Å². The number of hydrogen-bond acceptors (Lipinski definition) is 3. The van der Waals surface area contributed by atoms with Crippen molar-refractivity contribution in [1.82, 2.24) is 0 Å². The van der Waals surface area contributed by atoms with E-state index in [1.165, 1.54) is 0 Å². The fraction of sp³-hybridized carbons (Fsp3) is 0.0833. The van der Waals surface area contributed by atoms with Crippen LogP contribution in [0.3, 0.4) is 0 Å². The summed E-state index contributed by atoms with van der Waals surface area (Å²) in [6.07, 6.45) is 0. The zero-order valence-electron chi connectivity index (χ0n) is 15.5. The summed E-state index contributed by atoms with van der Waals surface area (Å²) in [5.74, 6) is 0.701. The summed E-state index contributed by atoms with van der Waals surface area (Å²) in [5.41, 5.74) is 2.87. The van der Waals surface area contributed by atoms with Gasteiger partial charge in [-0.2, -0.15) is 0 Å². The number of benzene rings is 4. The minimum absolute atomic E-state index is 0.115. The highest BCUT2D eigenvalue weighted by atomic mass is 35.5. The Labute approximate surface area is 179 Å². The fourth-order valence-corrected chi connectivity index (χ4v) is 3.71. The highest BCUT2D eigenvalue weighted by Crippen LogP contribution is 2.35. The SMILES string of the molecule is Oc1c(Cl)cc(NCc2c(OCc3ccccc3)ccc3ccccc23)cc1Cl. The molecule has 0 saturated carbocycles. The fourth-order valence-electron chi connectivity index (χ4n) is 3.23. The van der Waals surface area contributed by atoms with Crippen LogP contribution in [0.25, 0.3) is 10.8 Å². The zero-order chi connectivity index (χ0) is 20.2. The molecule has 0 radical (unpaired) electrons. The number of halogens is 2. The summed E-state index contributed by atoms with van der Waals surface area (Å²) >= 11 is 12.1. The van der Waals surface area contributed by atoms with Gasteiger partial charge in [0.25, 0.3) is 0 Å². The van der Waals surface area contributed by atoms with Crippen molar-refractivity contribution in [2.45, 2.75) is 13.2 Å². The number of rotatable bonds is 6. The van der Waals surface area contributed by atoms with Crippen LogP contribution in [0, 0.1) is 0 Å². The molecular weight excluding hydrogens is 405 g/mol. The molecule has 0 unspecified atom stereocenters. The van der Waals surface area contributed by atoms with Crippen LogP contribution in [-0.4, -0.2) is 5.11 Å². The molecule has 4 rings (SSSR count). The number of anilines is 1. The first-order valence-electron chi connectivity index (χ1n) is 9.21. The lowest BCUT2D eigenvalue weighted by Gasteiger charge is -2.16. The molecule has 0 heterocycles. The number of phenols is 1. The first-order valence-corrected chi connectivity index (χ1v) is 9.96. The summed E-state index contributed by atoms with van der Waals surface area (Å²) in [4.78, 5) is 0. The van der Waals surface area contributed by atoms with Gasteiger partial charge in [0.15, 0.2) is 5.75 Å². The maximum Gasteiger partial charge on any atom is 0.152 e. The monoisotopic (exact) mass is 423 g/mol. The number of aromatic hydroxyl groups is 1. The molecule has 0 aliphatic carbocycles. The van der Waals surface area contributed by atoms with Crippen LogP contribution in [-0.2, 0) is 13.2 Å². The van der Waals surface area contributed by atoms with Crippen molar-refractivity contribution in [3.05, 3.63) is 100 Å². The maximum atomic E-state index is 9.77. The van der Waals surface area contributed by atoms with E-state index in [2.05, 4.69) is 23.5 Å². The topological polar surface area (TPSA) is 41.5 Å². The highest BCUT2D eigenvalue weighted by molar-refractivity contribution is 6.37. The van der Waals surface area contributed by atoms with Gasteiger partial charge >= 0.3 is 0 Å². The quantitative estimate of drug-likeness (QED) is 0.326. The van der Waals surface area contributed by atoms with Gasteiger partial charge in [-0.1, -0.05) is 83.9 Å². The number of fused-ring (bicyclic) bond motifs is 1. The average Bonchev–Trinajstić information content (AvgIpc) is 2.75. The second-order valence-electron chi connectivity index (χ2n) is 6.68. The third-order valence-corrected chi connectivity index (χ3v) is 5.30. The van der Waals surface area contributed by atoms with Crippen LogP contribution in [0.1, 0.15) is 11.1 Å². The molecule has 0 aromatic heterocycles. The van der Waals surface area contributed by atoms with Crippen LogP contribution in [0.2, 0.25) is 10.0 Å². The van der Waals surface area contributed by atoms with Gasteiger partial charge < -0.3 is 15.2 Å². The van der Waals surface area contributed by atoms with E-state index >= 15 is 0 Å². The van der Waals surface area contributed by atoms with Crippen molar-refractivity contribution >= 4 is 39.7 Å². The zero-order valence-corrected chi connectivity index (χ0v) is 17.0. The van der Waals surface area contributed by atoms with Crippen molar-refractivity contribution in [1.29, 1.82) is 0 Å². The van der Waals surface area contributed by atoms with E-state index in [4.69, 9.17) is 27.9 Å². The van der Waals surface area contributed by atoms with E-state index in [-0.39, 0.29) is 15.8 Å². The second-order valence-corrected chi connectivity index (χ2v) is 7.49. The van der Waals surface area contributed by atoms with Gasteiger partial charge in [-0.25, -0.2) is 0 Å². The molecule has 4 aromatic carbocycles. The van der Waals surface area contributed by atoms with Crippen molar-refractivity contribution in [2.75, 3.05) is 5.32 Å².